The fourth-order valence-corrected chi connectivity index (χ4v) is 2.92. The third-order valence-corrected chi connectivity index (χ3v) is 4.21. The number of nitrogens with one attached hydrogen (secondary N) is 1. The molecule has 0 aromatic heterocycles. The van der Waals surface area contributed by atoms with Crippen molar-refractivity contribution >= 4 is 23.2 Å². The zero-order valence-electron chi connectivity index (χ0n) is 11.3. The normalized spacial score (nSPS) is 16.1. The Hall–Kier alpha value is -0.280. The summed E-state index contributed by atoms with van der Waals surface area (Å²) < 4.78 is 0. The lowest BCUT2D eigenvalue weighted by atomic mass is 10.1. The quantitative estimate of drug-likeness (QED) is 0.774. The van der Waals surface area contributed by atoms with Gasteiger partial charge < -0.3 is 10.2 Å². The lowest BCUT2D eigenvalue weighted by Gasteiger charge is -2.14. The average Bonchev–Trinajstić information content (AvgIpc) is 2.90. The fourth-order valence-electron chi connectivity index (χ4n) is 2.52. The van der Waals surface area contributed by atoms with E-state index in [1.165, 1.54) is 38.9 Å². The first-order chi connectivity index (χ1) is 9.25. The van der Waals surface area contributed by atoms with Crippen LogP contribution in [0.3, 0.4) is 0 Å². The summed E-state index contributed by atoms with van der Waals surface area (Å²) in [7, 11) is 0. The molecule has 1 aliphatic rings. The first kappa shape index (κ1) is 15.1. The summed E-state index contributed by atoms with van der Waals surface area (Å²) in [5, 5.41) is 5.04. The maximum absolute atomic E-state index is 6.13. The molecule has 0 aliphatic carbocycles. The minimum absolute atomic E-state index is 0.758. The summed E-state index contributed by atoms with van der Waals surface area (Å²) in [5.41, 5.74) is 1.13. The SMILES string of the molecule is Clc1ccc(Cl)c(CCNCCCN2CCCC2)c1. The zero-order chi connectivity index (χ0) is 13.5. The van der Waals surface area contributed by atoms with Crippen LogP contribution < -0.4 is 5.32 Å². The Morgan fingerprint density at radius 1 is 1.11 bits per heavy atom. The highest BCUT2D eigenvalue weighted by Crippen LogP contribution is 2.20. The van der Waals surface area contributed by atoms with Gasteiger partial charge in [-0.3, -0.25) is 0 Å². The minimum Gasteiger partial charge on any atom is -0.316 e. The molecule has 1 fully saturated rings. The molecule has 0 radical (unpaired) electrons. The molecule has 2 nitrogen and oxygen atoms in total. The molecule has 0 unspecified atom stereocenters. The van der Waals surface area contributed by atoms with Crippen molar-refractivity contribution in [2.24, 2.45) is 0 Å². The van der Waals surface area contributed by atoms with Crippen molar-refractivity contribution in [3.05, 3.63) is 33.8 Å². The van der Waals surface area contributed by atoms with Crippen molar-refractivity contribution in [1.29, 1.82) is 0 Å². The molecule has 19 heavy (non-hydrogen) atoms. The molecule has 0 spiro atoms. The van der Waals surface area contributed by atoms with Gasteiger partial charge in [0.2, 0.25) is 0 Å². The molecular weight excluding hydrogens is 279 g/mol. The van der Waals surface area contributed by atoms with Crippen LogP contribution in [0.2, 0.25) is 10.0 Å². The summed E-state index contributed by atoms with van der Waals surface area (Å²) in [4.78, 5) is 2.55. The van der Waals surface area contributed by atoms with Gasteiger partial charge in [-0.05, 0) is 82.2 Å². The molecule has 1 saturated heterocycles. The highest BCUT2D eigenvalue weighted by molar-refractivity contribution is 6.33. The van der Waals surface area contributed by atoms with Gasteiger partial charge in [-0.25, -0.2) is 0 Å². The van der Waals surface area contributed by atoms with E-state index in [0.29, 0.717) is 0 Å². The maximum Gasteiger partial charge on any atom is 0.0439 e. The van der Waals surface area contributed by atoms with E-state index in [4.69, 9.17) is 23.2 Å². The van der Waals surface area contributed by atoms with Crippen LogP contribution in [-0.2, 0) is 6.42 Å². The van der Waals surface area contributed by atoms with E-state index < -0.39 is 0 Å². The van der Waals surface area contributed by atoms with Gasteiger partial charge in [0, 0.05) is 10.0 Å². The smallest absolute Gasteiger partial charge is 0.0439 e. The summed E-state index contributed by atoms with van der Waals surface area (Å²) in [6.07, 6.45) is 4.91. The molecule has 0 saturated carbocycles. The highest BCUT2D eigenvalue weighted by atomic mass is 35.5. The first-order valence-electron chi connectivity index (χ1n) is 7.13. The monoisotopic (exact) mass is 300 g/mol. The third-order valence-electron chi connectivity index (χ3n) is 3.61. The Kier molecular flexibility index (Phi) is 6.45. The number of hydrogen-bond donors (Lipinski definition) is 1. The van der Waals surface area contributed by atoms with Crippen molar-refractivity contribution < 1.29 is 0 Å². The van der Waals surface area contributed by atoms with Crippen LogP contribution in [0.1, 0.15) is 24.8 Å². The second-order valence-corrected chi connectivity index (χ2v) is 5.98. The van der Waals surface area contributed by atoms with Gasteiger partial charge in [-0.15, -0.1) is 0 Å². The van der Waals surface area contributed by atoms with Crippen LogP contribution in [0.5, 0.6) is 0 Å². The standard InChI is InChI=1S/C15H22Cl2N2/c16-14-4-5-15(17)13(12-14)6-8-18-7-3-11-19-9-1-2-10-19/h4-5,12,18H,1-3,6-11H2. The third kappa shape index (κ3) is 5.31. The van der Waals surface area contributed by atoms with Gasteiger partial charge in [-0.1, -0.05) is 23.2 Å². The van der Waals surface area contributed by atoms with Crippen LogP contribution in [0.4, 0.5) is 0 Å². The summed E-state index contributed by atoms with van der Waals surface area (Å²) in [6.45, 7) is 5.84. The van der Waals surface area contributed by atoms with E-state index in [2.05, 4.69) is 10.2 Å². The van der Waals surface area contributed by atoms with Crippen LogP contribution in [0, 0.1) is 0 Å². The average molecular weight is 301 g/mol. The predicted molar refractivity (Wildman–Crippen MR) is 83.3 cm³/mol. The van der Waals surface area contributed by atoms with Crippen molar-refractivity contribution in [2.45, 2.75) is 25.7 Å². The molecule has 1 heterocycles. The van der Waals surface area contributed by atoms with E-state index in [9.17, 15) is 0 Å². The maximum atomic E-state index is 6.13. The molecular formula is C15H22Cl2N2. The summed E-state index contributed by atoms with van der Waals surface area (Å²) in [5.74, 6) is 0. The van der Waals surface area contributed by atoms with Gasteiger partial charge >= 0.3 is 0 Å². The van der Waals surface area contributed by atoms with Gasteiger partial charge in [-0.2, -0.15) is 0 Å². The van der Waals surface area contributed by atoms with E-state index in [1.54, 1.807) is 0 Å². The van der Waals surface area contributed by atoms with Crippen LogP contribution in [-0.4, -0.2) is 37.6 Å². The molecule has 1 aromatic rings. The number of rotatable bonds is 7. The predicted octanol–water partition coefficient (Wildman–Crippen LogP) is 3.61. The van der Waals surface area contributed by atoms with E-state index >= 15 is 0 Å². The van der Waals surface area contributed by atoms with E-state index in [-0.39, 0.29) is 0 Å². The fraction of sp³-hybridized carbons (Fsp3) is 0.600. The van der Waals surface area contributed by atoms with Crippen LogP contribution in [0.15, 0.2) is 18.2 Å². The molecule has 1 aromatic carbocycles. The Bertz CT molecular complexity index is 390. The summed E-state index contributed by atoms with van der Waals surface area (Å²) >= 11 is 12.1. The minimum atomic E-state index is 0.758. The van der Waals surface area contributed by atoms with Gasteiger partial charge in [0.1, 0.15) is 0 Å². The van der Waals surface area contributed by atoms with Crippen molar-refractivity contribution in [1.82, 2.24) is 10.2 Å². The first-order valence-corrected chi connectivity index (χ1v) is 7.88. The van der Waals surface area contributed by atoms with Crippen molar-refractivity contribution in [3.63, 3.8) is 0 Å². The lowest BCUT2D eigenvalue weighted by molar-refractivity contribution is 0.331. The van der Waals surface area contributed by atoms with E-state index in [0.717, 1.165) is 35.1 Å². The molecule has 4 heteroatoms. The number of benzene rings is 1. The Morgan fingerprint density at radius 3 is 2.68 bits per heavy atom. The van der Waals surface area contributed by atoms with E-state index in [1.807, 2.05) is 18.2 Å². The van der Waals surface area contributed by atoms with Crippen molar-refractivity contribution in [3.8, 4) is 0 Å². The van der Waals surface area contributed by atoms with Crippen molar-refractivity contribution in [2.75, 3.05) is 32.7 Å². The number of nitrogens with zero attached hydrogens (tertiary/aromatic N) is 1. The van der Waals surface area contributed by atoms with Crippen LogP contribution >= 0.6 is 23.2 Å². The molecule has 0 amide bonds. The molecule has 1 N–H and O–H groups in total. The summed E-state index contributed by atoms with van der Waals surface area (Å²) in [6, 6.07) is 5.65. The molecule has 106 valence electrons. The largest absolute Gasteiger partial charge is 0.316 e. The second-order valence-electron chi connectivity index (χ2n) is 5.14. The highest BCUT2D eigenvalue weighted by Gasteiger charge is 2.09. The molecule has 0 bridgehead atoms. The lowest BCUT2D eigenvalue weighted by Crippen LogP contribution is -2.25. The van der Waals surface area contributed by atoms with Gasteiger partial charge in [0.15, 0.2) is 0 Å². The van der Waals surface area contributed by atoms with Gasteiger partial charge in [0.05, 0.1) is 0 Å². The zero-order valence-corrected chi connectivity index (χ0v) is 12.8. The number of halogens is 2. The Labute approximate surface area is 126 Å². The molecule has 1 aliphatic heterocycles. The topological polar surface area (TPSA) is 15.3 Å². The van der Waals surface area contributed by atoms with Crippen LogP contribution in [0.25, 0.3) is 0 Å². The molecule has 2 rings (SSSR count). The number of likely N-dealkylation sites (tertiary alicyclic amines) is 1. The Morgan fingerprint density at radius 2 is 1.89 bits per heavy atom. The van der Waals surface area contributed by atoms with Gasteiger partial charge in [0.25, 0.3) is 0 Å². The Balaban J connectivity index is 1.57. The number of hydrogen-bond acceptors (Lipinski definition) is 2. The second kappa shape index (κ2) is 8.11. The molecule has 0 atom stereocenters.